The number of hydrogen-bond donors (Lipinski definition) is 1. The first-order chi connectivity index (χ1) is 16.7. The van der Waals surface area contributed by atoms with Crippen LogP contribution in [0.3, 0.4) is 0 Å². The highest BCUT2D eigenvalue weighted by Crippen LogP contribution is 2.40. The predicted molar refractivity (Wildman–Crippen MR) is 137 cm³/mol. The third-order valence-electron chi connectivity index (χ3n) is 5.71. The molecule has 0 spiro atoms. The van der Waals surface area contributed by atoms with Gasteiger partial charge >= 0.3 is 0 Å². The monoisotopic (exact) mass is 480 g/mol. The van der Waals surface area contributed by atoms with E-state index in [1.165, 1.54) is 0 Å². The van der Waals surface area contributed by atoms with E-state index in [2.05, 4.69) is 0 Å². The fourth-order valence-corrected chi connectivity index (χ4v) is 4.10. The number of carbonyl (C=O) groups excluding carboxylic acids is 2. The molecular weight excluding hydrogens is 444 g/mol. The molecule has 2 aromatic carbocycles. The number of benzene rings is 2. The largest absolute Gasteiger partial charge is 0.507 e. The number of Topliss-reactive ketones (excluding diaryl/α,β-unsaturated/α-hetero) is 1. The van der Waals surface area contributed by atoms with E-state index in [9.17, 15) is 14.7 Å². The first-order valence-corrected chi connectivity index (χ1v) is 12.2. The Balaban J connectivity index is 2.01. The maximum absolute atomic E-state index is 13.2. The highest BCUT2D eigenvalue weighted by molar-refractivity contribution is 6.46. The third kappa shape index (κ3) is 6.42. The highest BCUT2D eigenvalue weighted by Gasteiger charge is 2.45. The van der Waals surface area contributed by atoms with Crippen molar-refractivity contribution in [1.82, 2.24) is 9.80 Å². The van der Waals surface area contributed by atoms with Gasteiger partial charge in [-0.1, -0.05) is 19.1 Å². The van der Waals surface area contributed by atoms with Gasteiger partial charge in [0.25, 0.3) is 11.7 Å². The smallest absolute Gasteiger partial charge is 0.295 e. The molecule has 1 atom stereocenters. The normalized spacial score (nSPS) is 17.5. The minimum Gasteiger partial charge on any atom is -0.507 e. The van der Waals surface area contributed by atoms with Gasteiger partial charge < -0.3 is 24.4 Å². The van der Waals surface area contributed by atoms with Gasteiger partial charge in [0.15, 0.2) is 0 Å². The van der Waals surface area contributed by atoms with Gasteiger partial charge in [-0.25, -0.2) is 0 Å². The Morgan fingerprint density at radius 3 is 2.23 bits per heavy atom. The third-order valence-corrected chi connectivity index (χ3v) is 5.71. The molecule has 2 aromatic rings. The Morgan fingerprint density at radius 2 is 1.66 bits per heavy atom. The molecule has 7 nitrogen and oxygen atoms in total. The van der Waals surface area contributed by atoms with Gasteiger partial charge in [-0.05, 0) is 89.3 Å². The number of carbonyl (C=O) groups is 2. The van der Waals surface area contributed by atoms with Crippen LogP contribution in [-0.4, -0.2) is 66.5 Å². The first kappa shape index (κ1) is 26.3. The summed E-state index contributed by atoms with van der Waals surface area (Å²) in [4.78, 5) is 29.8. The van der Waals surface area contributed by atoms with Gasteiger partial charge in [0.2, 0.25) is 0 Å². The van der Waals surface area contributed by atoms with E-state index in [1.54, 1.807) is 29.2 Å². The van der Waals surface area contributed by atoms with Crippen molar-refractivity contribution < 1.29 is 24.2 Å². The van der Waals surface area contributed by atoms with Crippen LogP contribution < -0.4 is 9.47 Å². The maximum atomic E-state index is 13.2. The topological polar surface area (TPSA) is 79.3 Å². The van der Waals surface area contributed by atoms with E-state index < -0.39 is 17.7 Å². The van der Waals surface area contributed by atoms with Crippen molar-refractivity contribution in [2.45, 2.75) is 45.8 Å². The van der Waals surface area contributed by atoms with Crippen LogP contribution in [0.15, 0.2) is 54.1 Å². The lowest BCUT2D eigenvalue weighted by molar-refractivity contribution is -0.139. The molecule has 1 heterocycles. The van der Waals surface area contributed by atoms with Gasteiger partial charge in [0.05, 0.1) is 24.3 Å². The van der Waals surface area contributed by atoms with Gasteiger partial charge in [-0.15, -0.1) is 0 Å². The molecule has 7 heteroatoms. The Bertz CT molecular complexity index is 1040. The fraction of sp³-hybridized carbons (Fsp3) is 0.429. The molecule has 1 unspecified atom stereocenters. The summed E-state index contributed by atoms with van der Waals surface area (Å²) in [6, 6.07) is 13.6. The zero-order valence-corrected chi connectivity index (χ0v) is 21.3. The summed E-state index contributed by atoms with van der Waals surface area (Å²) >= 11 is 0. The summed E-state index contributed by atoms with van der Waals surface area (Å²) in [6.07, 6.45) is 1.62. The minimum atomic E-state index is -0.677. The lowest BCUT2D eigenvalue weighted by atomic mass is 9.95. The van der Waals surface area contributed by atoms with Crippen molar-refractivity contribution in [2.75, 3.05) is 33.8 Å². The van der Waals surface area contributed by atoms with E-state index in [0.29, 0.717) is 30.9 Å². The molecule has 0 saturated carbocycles. The molecule has 3 rings (SSSR count). The second-order valence-electron chi connectivity index (χ2n) is 9.26. The lowest BCUT2D eigenvalue weighted by Gasteiger charge is -2.26. The molecule has 35 heavy (non-hydrogen) atoms. The number of likely N-dealkylation sites (tertiary alicyclic amines) is 1. The van der Waals surface area contributed by atoms with Crippen molar-refractivity contribution in [3.05, 3.63) is 65.2 Å². The van der Waals surface area contributed by atoms with Gasteiger partial charge in [-0.3, -0.25) is 9.59 Å². The van der Waals surface area contributed by atoms with Crippen LogP contribution >= 0.6 is 0 Å². The molecule has 1 amide bonds. The summed E-state index contributed by atoms with van der Waals surface area (Å²) in [5.74, 6) is -0.0702. The Labute approximate surface area is 207 Å². The number of amides is 1. The Morgan fingerprint density at radius 1 is 1.03 bits per heavy atom. The molecule has 1 fully saturated rings. The van der Waals surface area contributed by atoms with E-state index in [0.717, 1.165) is 24.3 Å². The molecule has 0 aliphatic carbocycles. The average molecular weight is 481 g/mol. The summed E-state index contributed by atoms with van der Waals surface area (Å²) < 4.78 is 11.4. The van der Waals surface area contributed by atoms with Crippen molar-refractivity contribution in [3.63, 3.8) is 0 Å². The number of ether oxygens (including phenoxy) is 2. The second-order valence-corrected chi connectivity index (χ2v) is 9.26. The van der Waals surface area contributed by atoms with Crippen LogP contribution in [0, 0.1) is 0 Å². The van der Waals surface area contributed by atoms with Gasteiger partial charge in [0, 0.05) is 12.1 Å². The quantitative estimate of drug-likeness (QED) is 0.287. The van der Waals surface area contributed by atoms with Crippen molar-refractivity contribution in [3.8, 4) is 11.5 Å². The average Bonchev–Trinajstić information content (AvgIpc) is 3.07. The molecule has 188 valence electrons. The van der Waals surface area contributed by atoms with E-state index >= 15 is 0 Å². The number of aliphatic hydroxyl groups is 1. The SMILES string of the molecule is CCCOc1ccc(C2/C(=C(/O)c3ccc(OC(C)C)cc3)C(=O)C(=O)N2CCCN(C)C)cc1. The number of nitrogens with zero attached hydrogens (tertiary/aromatic N) is 2. The molecule has 0 aromatic heterocycles. The standard InChI is InChI=1S/C28H36N2O5/c1-6-18-34-22-12-8-20(9-13-22)25-24(27(32)28(33)30(25)17-7-16-29(4)5)26(31)21-10-14-23(15-11-21)35-19(2)3/h8-15,19,25,31H,6-7,16-18H2,1-5H3/b26-24-. The second kappa shape index (κ2) is 11.9. The van der Waals surface area contributed by atoms with Crippen LogP contribution in [0.5, 0.6) is 11.5 Å². The molecule has 1 aliphatic rings. The van der Waals surface area contributed by atoms with Crippen molar-refractivity contribution in [1.29, 1.82) is 0 Å². The van der Waals surface area contributed by atoms with Crippen molar-refractivity contribution in [2.24, 2.45) is 0 Å². The highest BCUT2D eigenvalue weighted by atomic mass is 16.5. The summed E-state index contributed by atoms with van der Waals surface area (Å²) in [5.41, 5.74) is 1.30. The van der Waals surface area contributed by atoms with E-state index in [-0.39, 0.29) is 17.4 Å². The number of ketones is 1. The summed E-state index contributed by atoms with van der Waals surface area (Å²) in [7, 11) is 3.93. The van der Waals surface area contributed by atoms with E-state index in [1.807, 2.05) is 64.0 Å². The number of rotatable bonds is 11. The van der Waals surface area contributed by atoms with Crippen LogP contribution in [-0.2, 0) is 9.59 Å². The Hall–Kier alpha value is -3.32. The molecular formula is C28H36N2O5. The molecule has 0 radical (unpaired) electrons. The first-order valence-electron chi connectivity index (χ1n) is 12.2. The fourth-order valence-electron chi connectivity index (χ4n) is 4.10. The molecule has 0 bridgehead atoms. The predicted octanol–water partition coefficient (Wildman–Crippen LogP) is 4.64. The minimum absolute atomic E-state index is 0.0196. The van der Waals surface area contributed by atoms with Crippen LogP contribution in [0.2, 0.25) is 0 Å². The van der Waals surface area contributed by atoms with Gasteiger partial charge in [-0.2, -0.15) is 0 Å². The number of aliphatic hydroxyl groups excluding tert-OH is 1. The maximum Gasteiger partial charge on any atom is 0.295 e. The zero-order chi connectivity index (χ0) is 25.5. The summed E-state index contributed by atoms with van der Waals surface area (Å²) in [5, 5.41) is 11.2. The Kier molecular flexibility index (Phi) is 8.93. The molecule has 1 saturated heterocycles. The molecule has 1 aliphatic heterocycles. The molecule has 1 N–H and O–H groups in total. The van der Waals surface area contributed by atoms with Crippen LogP contribution in [0.1, 0.15) is 50.8 Å². The number of hydrogen-bond acceptors (Lipinski definition) is 6. The van der Waals surface area contributed by atoms with E-state index in [4.69, 9.17) is 9.47 Å². The summed E-state index contributed by atoms with van der Waals surface area (Å²) in [6.45, 7) is 7.70. The van der Waals surface area contributed by atoms with Crippen LogP contribution in [0.25, 0.3) is 5.76 Å². The van der Waals surface area contributed by atoms with Crippen LogP contribution in [0.4, 0.5) is 0 Å². The van der Waals surface area contributed by atoms with Gasteiger partial charge in [0.1, 0.15) is 17.3 Å². The zero-order valence-electron chi connectivity index (χ0n) is 21.3. The lowest BCUT2D eigenvalue weighted by Crippen LogP contribution is -2.32. The van der Waals surface area contributed by atoms with Crippen molar-refractivity contribution >= 4 is 17.4 Å².